The van der Waals surface area contributed by atoms with Crippen LogP contribution in [0.25, 0.3) is 0 Å². The normalized spacial score (nSPS) is 28.1. The van der Waals surface area contributed by atoms with E-state index in [1.807, 2.05) is 6.07 Å². The fourth-order valence-corrected chi connectivity index (χ4v) is 7.34. The van der Waals surface area contributed by atoms with E-state index in [-0.39, 0.29) is 0 Å². The molecule has 1 aromatic rings. The highest BCUT2D eigenvalue weighted by Gasteiger charge is 2.47. The molecule has 4 heteroatoms. The minimum absolute atomic E-state index is 0.447. The van der Waals surface area contributed by atoms with Crippen molar-refractivity contribution in [1.82, 2.24) is 0 Å². The summed E-state index contributed by atoms with van der Waals surface area (Å²) in [5, 5.41) is 1.27. The van der Waals surface area contributed by atoms with Crippen molar-refractivity contribution in [2.75, 3.05) is 6.16 Å². The molecule has 2 atom stereocenters. The minimum atomic E-state index is -1.66. The zero-order valence-electron chi connectivity index (χ0n) is 11.5. The van der Waals surface area contributed by atoms with Crippen LogP contribution in [-0.2, 0) is 4.43 Å². The first-order chi connectivity index (χ1) is 8.30. The van der Waals surface area contributed by atoms with Crippen molar-refractivity contribution in [2.45, 2.75) is 26.6 Å². The van der Waals surface area contributed by atoms with Gasteiger partial charge in [-0.3, -0.25) is 0 Å². The molecule has 1 aromatic carbocycles. The van der Waals surface area contributed by atoms with E-state index in [4.69, 9.17) is 15.7 Å². The quantitative estimate of drug-likeness (QED) is 0.574. The van der Waals surface area contributed by atoms with Gasteiger partial charge in [-0.05, 0) is 31.8 Å². The Kier molecular flexibility index (Phi) is 3.92. The van der Waals surface area contributed by atoms with E-state index in [0.29, 0.717) is 5.92 Å². The van der Waals surface area contributed by atoms with Crippen molar-refractivity contribution in [3.8, 4) is 0 Å². The predicted molar refractivity (Wildman–Crippen MR) is 85.4 cm³/mol. The maximum Gasteiger partial charge on any atom is 0.241 e. The van der Waals surface area contributed by atoms with E-state index in [1.165, 1.54) is 5.30 Å². The zero-order valence-corrected chi connectivity index (χ0v) is 14.1. The minimum Gasteiger partial charge on any atom is -0.545 e. The number of benzene rings is 1. The molecular formula is C14H21ClOPSi+. The molecule has 0 bridgehead atoms. The van der Waals surface area contributed by atoms with Crippen molar-refractivity contribution >= 4 is 31.5 Å². The van der Waals surface area contributed by atoms with Gasteiger partial charge >= 0.3 is 0 Å². The van der Waals surface area contributed by atoms with Crippen molar-refractivity contribution in [2.24, 2.45) is 5.92 Å². The van der Waals surface area contributed by atoms with Gasteiger partial charge in [0.25, 0.3) is 0 Å². The van der Waals surface area contributed by atoms with Crippen LogP contribution in [0.2, 0.25) is 19.6 Å². The molecule has 18 heavy (non-hydrogen) atoms. The molecule has 0 N–H and O–H groups in total. The van der Waals surface area contributed by atoms with Gasteiger partial charge in [-0.2, -0.15) is 0 Å². The van der Waals surface area contributed by atoms with Gasteiger partial charge in [-0.25, -0.2) is 0 Å². The first-order valence-electron chi connectivity index (χ1n) is 6.35. The van der Waals surface area contributed by atoms with Crippen molar-refractivity contribution in [1.29, 1.82) is 0 Å². The molecule has 1 aliphatic heterocycles. The summed E-state index contributed by atoms with van der Waals surface area (Å²) in [5.41, 5.74) is 0. The number of hydrogen-bond donors (Lipinski definition) is 0. The number of hydrogen-bond acceptors (Lipinski definition) is 1. The molecule has 1 nitrogen and oxygen atoms in total. The van der Waals surface area contributed by atoms with Crippen LogP contribution in [0.3, 0.4) is 0 Å². The SMILES string of the molecule is CC1C[P+](Cl)(c2ccccc2)C=C1O[Si](C)(C)C. The second-order valence-corrected chi connectivity index (χ2v) is 14.9. The van der Waals surface area contributed by atoms with E-state index in [9.17, 15) is 0 Å². The zero-order chi connectivity index (χ0) is 13.4. The third-order valence-corrected chi connectivity index (χ3v) is 8.01. The monoisotopic (exact) mass is 299 g/mol. The maximum atomic E-state index is 6.88. The summed E-state index contributed by atoms with van der Waals surface area (Å²) in [6, 6.07) is 10.4. The highest BCUT2D eigenvalue weighted by atomic mass is 35.7. The van der Waals surface area contributed by atoms with Gasteiger partial charge in [0.05, 0.1) is 23.3 Å². The summed E-state index contributed by atoms with van der Waals surface area (Å²) in [4.78, 5) is 0. The van der Waals surface area contributed by atoms with Gasteiger partial charge in [0.2, 0.25) is 8.32 Å². The maximum absolute atomic E-state index is 6.88. The van der Waals surface area contributed by atoms with Gasteiger partial charge < -0.3 is 4.43 Å². The van der Waals surface area contributed by atoms with Crippen molar-refractivity contribution in [3.63, 3.8) is 0 Å². The molecule has 0 aliphatic carbocycles. The van der Waals surface area contributed by atoms with Crippen LogP contribution < -0.4 is 5.30 Å². The van der Waals surface area contributed by atoms with E-state index in [1.54, 1.807) is 0 Å². The van der Waals surface area contributed by atoms with Gasteiger partial charge in [-0.15, -0.1) is 0 Å². The summed E-state index contributed by atoms with van der Waals surface area (Å²) >= 11 is 6.88. The lowest BCUT2D eigenvalue weighted by Gasteiger charge is -2.21. The van der Waals surface area contributed by atoms with Crippen molar-refractivity contribution < 1.29 is 4.43 Å². The van der Waals surface area contributed by atoms with E-state index in [0.717, 1.165) is 11.9 Å². The Morgan fingerprint density at radius 3 is 2.39 bits per heavy atom. The third-order valence-electron chi connectivity index (χ3n) is 2.97. The van der Waals surface area contributed by atoms with Crippen LogP contribution >= 0.6 is 17.9 Å². The van der Waals surface area contributed by atoms with Crippen LogP contribution in [0.1, 0.15) is 6.92 Å². The molecule has 0 fully saturated rings. The Labute approximate surface area is 116 Å². The molecule has 0 spiro atoms. The topological polar surface area (TPSA) is 9.23 Å². The molecule has 0 saturated heterocycles. The molecule has 98 valence electrons. The van der Waals surface area contributed by atoms with Crippen LogP contribution in [0.15, 0.2) is 41.9 Å². The first-order valence-corrected chi connectivity index (χ1v) is 12.7. The molecule has 0 aromatic heterocycles. The fourth-order valence-electron chi connectivity index (χ4n) is 2.21. The Bertz CT molecular complexity index is 455. The molecule has 2 unspecified atom stereocenters. The second-order valence-electron chi connectivity index (χ2n) is 5.94. The van der Waals surface area contributed by atoms with E-state index in [2.05, 4.69) is 56.6 Å². The largest absolute Gasteiger partial charge is 0.545 e. The Morgan fingerprint density at radius 1 is 1.22 bits per heavy atom. The molecule has 0 amide bonds. The molecule has 1 aliphatic rings. The standard InChI is InChI=1S/C14H21ClOPSi/c1-12-10-17(15,13-8-6-5-7-9-13)11-14(12)16-18(2,3)4/h5-9,11-12H,10H2,1-4H3/q+1. The summed E-state index contributed by atoms with van der Waals surface area (Å²) in [7, 11) is -1.54. The van der Waals surface area contributed by atoms with E-state index < -0.39 is 14.9 Å². The first kappa shape index (κ1) is 14.1. The van der Waals surface area contributed by atoms with Gasteiger partial charge in [0.1, 0.15) is 16.9 Å². The second kappa shape index (κ2) is 5.00. The summed E-state index contributed by atoms with van der Waals surface area (Å²) in [6.45, 7) is 7.21. The van der Waals surface area contributed by atoms with E-state index >= 15 is 0 Å². The lowest BCUT2D eigenvalue weighted by Crippen LogP contribution is -2.26. The van der Waals surface area contributed by atoms with Crippen LogP contribution in [0, 0.1) is 5.92 Å². The number of rotatable bonds is 3. The van der Waals surface area contributed by atoms with Gasteiger partial charge in [0.15, 0.2) is 6.62 Å². The Hall–Kier alpha value is -0.303. The van der Waals surface area contributed by atoms with Gasteiger partial charge in [0, 0.05) is 0 Å². The molecule has 0 radical (unpaired) electrons. The molecule has 0 saturated carbocycles. The number of allylic oxidation sites excluding steroid dienone is 1. The average Bonchev–Trinajstić information content (AvgIpc) is 2.54. The Balaban J connectivity index is 2.27. The van der Waals surface area contributed by atoms with Crippen molar-refractivity contribution in [3.05, 3.63) is 41.9 Å². The van der Waals surface area contributed by atoms with Gasteiger partial charge in [-0.1, -0.05) is 25.1 Å². The van der Waals surface area contributed by atoms with Crippen LogP contribution in [0.4, 0.5) is 0 Å². The van der Waals surface area contributed by atoms with Crippen LogP contribution in [0.5, 0.6) is 0 Å². The Morgan fingerprint density at radius 2 is 1.83 bits per heavy atom. The number of halogens is 1. The third kappa shape index (κ3) is 3.17. The lowest BCUT2D eigenvalue weighted by atomic mass is 10.2. The molecular weight excluding hydrogens is 279 g/mol. The lowest BCUT2D eigenvalue weighted by molar-refractivity contribution is 0.372. The molecule has 2 rings (SSSR count). The average molecular weight is 300 g/mol. The molecule has 1 heterocycles. The summed E-state index contributed by atoms with van der Waals surface area (Å²) < 4.78 is 6.17. The summed E-state index contributed by atoms with van der Waals surface area (Å²) in [5.74, 6) is 3.80. The highest BCUT2D eigenvalue weighted by Crippen LogP contribution is 2.70. The fraction of sp³-hybridized carbons (Fsp3) is 0.429. The smallest absolute Gasteiger partial charge is 0.241 e. The highest BCUT2D eigenvalue weighted by molar-refractivity contribution is 8.07. The van der Waals surface area contributed by atoms with Crippen LogP contribution in [-0.4, -0.2) is 14.5 Å². The predicted octanol–water partition coefficient (Wildman–Crippen LogP) is 4.83. The summed E-state index contributed by atoms with van der Waals surface area (Å²) in [6.07, 6.45) is 1.03.